The molecule has 0 saturated carbocycles. The number of ether oxygens (including phenoxy) is 1. The average molecular weight is 314 g/mol. The van der Waals surface area contributed by atoms with E-state index < -0.39 is 0 Å². The second-order valence-corrected chi connectivity index (χ2v) is 6.22. The molecule has 23 heavy (non-hydrogen) atoms. The van der Waals surface area contributed by atoms with Crippen LogP contribution < -0.4 is 10.2 Å². The van der Waals surface area contributed by atoms with Gasteiger partial charge in [-0.2, -0.15) is 0 Å². The summed E-state index contributed by atoms with van der Waals surface area (Å²) in [6.45, 7) is 8.77. The molecule has 0 bridgehead atoms. The van der Waals surface area contributed by atoms with Gasteiger partial charge < -0.3 is 19.5 Å². The van der Waals surface area contributed by atoms with Crippen LogP contribution in [-0.2, 0) is 17.8 Å². The molecule has 2 heterocycles. The van der Waals surface area contributed by atoms with Crippen LogP contribution in [-0.4, -0.2) is 42.4 Å². The van der Waals surface area contributed by atoms with E-state index >= 15 is 0 Å². The molecule has 1 aromatic carbocycles. The van der Waals surface area contributed by atoms with E-state index in [0.717, 1.165) is 45.9 Å². The Balaban J connectivity index is 1.51. The first-order chi connectivity index (χ1) is 11.3. The highest BCUT2D eigenvalue weighted by Crippen LogP contribution is 2.21. The molecule has 1 saturated heterocycles. The largest absolute Gasteiger partial charge is 0.378 e. The first-order valence-corrected chi connectivity index (χ1v) is 8.40. The number of nitrogens with zero attached hydrogens (tertiary/aromatic N) is 3. The molecule has 3 rings (SSSR count). The molecule has 1 aliphatic rings. The summed E-state index contributed by atoms with van der Waals surface area (Å²) in [5.74, 6) is 0.569. The molecular formula is C18H26N4O. The maximum atomic E-state index is 5.46. The number of hydrogen-bond acceptors (Lipinski definition) is 4. The Hall–Kier alpha value is -1.85. The second kappa shape index (κ2) is 8.13. The van der Waals surface area contributed by atoms with Crippen LogP contribution in [0, 0.1) is 5.92 Å². The molecule has 0 radical (unpaired) electrons. The third-order valence-electron chi connectivity index (χ3n) is 4.23. The van der Waals surface area contributed by atoms with Crippen molar-refractivity contribution >= 4 is 5.69 Å². The number of aromatic nitrogens is 2. The zero-order valence-corrected chi connectivity index (χ0v) is 13.8. The lowest BCUT2D eigenvalue weighted by atomic mass is 10.1. The van der Waals surface area contributed by atoms with Crippen LogP contribution in [0.3, 0.4) is 0 Å². The number of para-hydroxylation sites is 1. The van der Waals surface area contributed by atoms with Crippen molar-refractivity contribution < 1.29 is 4.74 Å². The molecule has 124 valence electrons. The average Bonchev–Trinajstić information content (AvgIpc) is 3.09. The van der Waals surface area contributed by atoms with Crippen LogP contribution in [0.4, 0.5) is 5.69 Å². The van der Waals surface area contributed by atoms with Crippen molar-refractivity contribution in [2.24, 2.45) is 5.92 Å². The number of imidazole rings is 1. The molecule has 0 amide bonds. The number of nitrogens with one attached hydrogen (secondary N) is 1. The summed E-state index contributed by atoms with van der Waals surface area (Å²) in [5.41, 5.74) is 2.70. The van der Waals surface area contributed by atoms with E-state index in [2.05, 4.69) is 51.0 Å². The Morgan fingerprint density at radius 2 is 2.09 bits per heavy atom. The third kappa shape index (κ3) is 4.56. The van der Waals surface area contributed by atoms with Gasteiger partial charge in [-0.15, -0.1) is 0 Å². The maximum Gasteiger partial charge on any atom is 0.0946 e. The van der Waals surface area contributed by atoms with Gasteiger partial charge in [0.1, 0.15) is 0 Å². The van der Waals surface area contributed by atoms with Crippen molar-refractivity contribution in [1.29, 1.82) is 0 Å². The van der Waals surface area contributed by atoms with Crippen LogP contribution >= 0.6 is 0 Å². The summed E-state index contributed by atoms with van der Waals surface area (Å²) in [4.78, 5) is 6.52. The van der Waals surface area contributed by atoms with E-state index in [9.17, 15) is 0 Å². The highest BCUT2D eigenvalue weighted by atomic mass is 16.5. The van der Waals surface area contributed by atoms with Gasteiger partial charge in [0.25, 0.3) is 0 Å². The van der Waals surface area contributed by atoms with Gasteiger partial charge >= 0.3 is 0 Å². The molecule has 1 aliphatic heterocycles. The number of benzene rings is 1. The highest BCUT2D eigenvalue weighted by Gasteiger charge is 2.14. The Morgan fingerprint density at radius 1 is 1.26 bits per heavy atom. The Morgan fingerprint density at radius 3 is 2.87 bits per heavy atom. The summed E-state index contributed by atoms with van der Waals surface area (Å²) >= 11 is 0. The fourth-order valence-electron chi connectivity index (χ4n) is 3.05. The van der Waals surface area contributed by atoms with E-state index in [1.807, 2.05) is 18.7 Å². The number of rotatable bonds is 7. The van der Waals surface area contributed by atoms with Crippen LogP contribution in [0.1, 0.15) is 12.5 Å². The van der Waals surface area contributed by atoms with Crippen molar-refractivity contribution in [3.63, 3.8) is 0 Å². The molecule has 5 heteroatoms. The Labute approximate surface area is 138 Å². The predicted molar refractivity (Wildman–Crippen MR) is 92.6 cm³/mol. The first kappa shape index (κ1) is 16.0. The Kier molecular flexibility index (Phi) is 5.66. The number of hydrogen-bond donors (Lipinski definition) is 1. The minimum atomic E-state index is 0.569. The van der Waals surface area contributed by atoms with E-state index in [4.69, 9.17) is 4.74 Å². The molecule has 1 N–H and O–H groups in total. The van der Waals surface area contributed by atoms with Gasteiger partial charge in [-0.1, -0.05) is 25.1 Å². The minimum absolute atomic E-state index is 0.569. The molecule has 1 atom stereocenters. The van der Waals surface area contributed by atoms with Crippen LogP contribution in [0.5, 0.6) is 0 Å². The lowest BCUT2D eigenvalue weighted by Crippen LogP contribution is -2.37. The van der Waals surface area contributed by atoms with Crippen LogP contribution in [0.15, 0.2) is 43.0 Å². The zero-order chi connectivity index (χ0) is 15.9. The minimum Gasteiger partial charge on any atom is -0.378 e. The standard InChI is InChI=1S/C18H26N4O/c1-16(14-21-7-6-19-15-21)12-20-13-17-4-2-3-5-18(17)22-8-10-23-11-9-22/h2-7,15-16,20H,8-14H2,1H3. The smallest absolute Gasteiger partial charge is 0.0946 e. The Bertz CT molecular complexity index is 578. The molecular weight excluding hydrogens is 288 g/mol. The van der Waals surface area contributed by atoms with Gasteiger partial charge in [-0.3, -0.25) is 0 Å². The fourth-order valence-corrected chi connectivity index (χ4v) is 3.05. The molecule has 5 nitrogen and oxygen atoms in total. The summed E-state index contributed by atoms with van der Waals surface area (Å²) in [6.07, 6.45) is 5.73. The summed E-state index contributed by atoms with van der Waals surface area (Å²) < 4.78 is 7.59. The highest BCUT2D eigenvalue weighted by molar-refractivity contribution is 5.53. The molecule has 0 spiro atoms. The first-order valence-electron chi connectivity index (χ1n) is 8.40. The quantitative estimate of drug-likeness (QED) is 0.850. The van der Waals surface area contributed by atoms with Gasteiger partial charge in [0, 0.05) is 44.3 Å². The van der Waals surface area contributed by atoms with Gasteiger partial charge in [0.05, 0.1) is 19.5 Å². The van der Waals surface area contributed by atoms with Crippen molar-refractivity contribution in [3.8, 4) is 0 Å². The predicted octanol–water partition coefficient (Wildman–Crippen LogP) is 2.15. The molecule has 1 fully saturated rings. The summed E-state index contributed by atoms with van der Waals surface area (Å²) in [7, 11) is 0. The number of anilines is 1. The fraction of sp³-hybridized carbons (Fsp3) is 0.500. The van der Waals surface area contributed by atoms with Crippen LogP contribution in [0.2, 0.25) is 0 Å². The van der Waals surface area contributed by atoms with Crippen molar-refractivity contribution in [3.05, 3.63) is 48.5 Å². The molecule has 1 aromatic heterocycles. The topological polar surface area (TPSA) is 42.3 Å². The van der Waals surface area contributed by atoms with Crippen molar-refractivity contribution in [1.82, 2.24) is 14.9 Å². The SMILES string of the molecule is CC(CNCc1ccccc1N1CCOCC1)Cn1ccnc1. The monoisotopic (exact) mass is 314 g/mol. The molecule has 0 aliphatic carbocycles. The van der Waals surface area contributed by atoms with E-state index in [0.29, 0.717) is 5.92 Å². The van der Waals surface area contributed by atoms with E-state index in [-0.39, 0.29) is 0 Å². The second-order valence-electron chi connectivity index (χ2n) is 6.22. The normalized spacial score (nSPS) is 16.5. The van der Waals surface area contributed by atoms with Gasteiger partial charge in [-0.25, -0.2) is 4.98 Å². The lowest BCUT2D eigenvalue weighted by Gasteiger charge is -2.30. The van der Waals surface area contributed by atoms with Gasteiger partial charge in [0.2, 0.25) is 0 Å². The van der Waals surface area contributed by atoms with Crippen molar-refractivity contribution in [2.45, 2.75) is 20.0 Å². The van der Waals surface area contributed by atoms with Crippen molar-refractivity contribution in [2.75, 3.05) is 37.7 Å². The number of morpholine rings is 1. The molecule has 1 unspecified atom stereocenters. The summed E-state index contributed by atoms with van der Waals surface area (Å²) in [5, 5.41) is 3.60. The maximum absolute atomic E-state index is 5.46. The van der Waals surface area contributed by atoms with Crippen LogP contribution in [0.25, 0.3) is 0 Å². The third-order valence-corrected chi connectivity index (χ3v) is 4.23. The summed E-state index contributed by atoms with van der Waals surface area (Å²) in [6, 6.07) is 8.68. The zero-order valence-electron chi connectivity index (χ0n) is 13.8. The lowest BCUT2D eigenvalue weighted by molar-refractivity contribution is 0.122. The van der Waals surface area contributed by atoms with Gasteiger partial charge in [0.15, 0.2) is 0 Å². The van der Waals surface area contributed by atoms with Gasteiger partial charge in [-0.05, 0) is 24.1 Å². The molecule has 2 aromatic rings. The van der Waals surface area contributed by atoms with E-state index in [1.165, 1.54) is 11.3 Å². The van der Waals surface area contributed by atoms with E-state index in [1.54, 1.807) is 0 Å².